The zero-order valence-electron chi connectivity index (χ0n) is 19.8. The van der Waals surface area contributed by atoms with Crippen LogP contribution in [0.4, 0.5) is 11.4 Å². The van der Waals surface area contributed by atoms with Crippen LogP contribution >= 0.6 is 12.2 Å². The summed E-state index contributed by atoms with van der Waals surface area (Å²) in [5.41, 5.74) is 6.17. The number of pyridine rings is 1. The lowest BCUT2D eigenvalue weighted by Gasteiger charge is -2.29. The summed E-state index contributed by atoms with van der Waals surface area (Å²) in [6.45, 7) is 5.87. The molecule has 2 aliphatic rings. The predicted molar refractivity (Wildman–Crippen MR) is 137 cm³/mol. The van der Waals surface area contributed by atoms with Crippen LogP contribution < -0.4 is 20.3 Å². The van der Waals surface area contributed by atoms with Crippen molar-refractivity contribution in [3.05, 3.63) is 71.3 Å². The van der Waals surface area contributed by atoms with E-state index in [-0.39, 0.29) is 18.0 Å². The Morgan fingerprint density at radius 1 is 1.21 bits per heavy atom. The molecule has 1 aliphatic carbocycles. The minimum absolute atomic E-state index is 0.0975. The van der Waals surface area contributed by atoms with E-state index < -0.39 is 0 Å². The molecule has 3 aromatic rings. The molecular formula is C26H29N5O2S. The highest BCUT2D eigenvalue weighted by Gasteiger charge is 2.43. The molecule has 176 valence electrons. The van der Waals surface area contributed by atoms with Gasteiger partial charge < -0.3 is 24.8 Å². The van der Waals surface area contributed by atoms with Crippen molar-refractivity contribution in [1.29, 1.82) is 0 Å². The molecule has 5 rings (SSSR count). The molecule has 34 heavy (non-hydrogen) atoms. The smallest absolute Gasteiger partial charge is 0.221 e. The van der Waals surface area contributed by atoms with Gasteiger partial charge in [0.15, 0.2) is 5.11 Å². The zero-order chi connectivity index (χ0) is 24.0. The molecule has 1 aliphatic heterocycles. The van der Waals surface area contributed by atoms with Crippen molar-refractivity contribution in [3.8, 4) is 5.75 Å². The number of thiocarbonyl (C=S) groups is 1. The maximum absolute atomic E-state index is 11.8. The van der Waals surface area contributed by atoms with Crippen molar-refractivity contribution < 1.29 is 9.53 Å². The molecule has 2 aromatic heterocycles. The minimum atomic E-state index is -0.159. The first-order chi connectivity index (χ1) is 16.4. The van der Waals surface area contributed by atoms with Crippen molar-refractivity contribution in [2.75, 3.05) is 17.3 Å². The summed E-state index contributed by atoms with van der Waals surface area (Å²) >= 11 is 5.88. The molecule has 8 heteroatoms. The number of nitrogens with zero attached hydrogens (tertiary/aromatic N) is 3. The molecule has 3 heterocycles. The maximum atomic E-state index is 11.8. The van der Waals surface area contributed by atoms with Crippen molar-refractivity contribution in [3.63, 3.8) is 0 Å². The number of nitrogens with one attached hydrogen (secondary N) is 2. The van der Waals surface area contributed by atoms with Gasteiger partial charge in [0.1, 0.15) is 5.75 Å². The summed E-state index contributed by atoms with van der Waals surface area (Å²) in [5, 5.41) is 7.02. The van der Waals surface area contributed by atoms with Crippen LogP contribution in [0.5, 0.6) is 5.75 Å². The van der Waals surface area contributed by atoms with Gasteiger partial charge in [0, 0.05) is 36.2 Å². The van der Waals surface area contributed by atoms with E-state index in [1.165, 1.54) is 36.7 Å². The quantitative estimate of drug-likeness (QED) is 0.490. The number of amides is 1. The molecule has 1 saturated carbocycles. The van der Waals surface area contributed by atoms with E-state index in [9.17, 15) is 4.79 Å². The van der Waals surface area contributed by atoms with Crippen LogP contribution in [0.1, 0.15) is 60.5 Å². The maximum Gasteiger partial charge on any atom is 0.221 e. The largest absolute Gasteiger partial charge is 0.495 e. The lowest BCUT2D eigenvalue weighted by molar-refractivity contribution is -0.114. The first-order valence-corrected chi connectivity index (χ1v) is 11.9. The summed E-state index contributed by atoms with van der Waals surface area (Å²) in [4.78, 5) is 18.6. The van der Waals surface area contributed by atoms with Gasteiger partial charge in [-0.05, 0) is 80.9 Å². The fourth-order valence-corrected chi connectivity index (χ4v) is 5.42. The topological polar surface area (TPSA) is 71.4 Å². The van der Waals surface area contributed by atoms with Gasteiger partial charge in [-0.25, -0.2) is 0 Å². The number of ether oxygens (including phenoxy) is 1. The Morgan fingerprint density at radius 2 is 2.00 bits per heavy atom. The predicted octanol–water partition coefficient (Wildman–Crippen LogP) is 4.98. The van der Waals surface area contributed by atoms with Gasteiger partial charge in [-0.1, -0.05) is 6.07 Å². The Labute approximate surface area is 205 Å². The van der Waals surface area contributed by atoms with E-state index in [0.717, 1.165) is 11.4 Å². The molecular weight excluding hydrogens is 446 g/mol. The Kier molecular flexibility index (Phi) is 5.77. The number of methoxy groups -OCH3 is 1. The molecule has 2 atom stereocenters. The first-order valence-electron chi connectivity index (χ1n) is 11.5. The number of carbonyl (C=O) groups excluding carboxylic acids is 1. The second-order valence-electron chi connectivity index (χ2n) is 8.99. The van der Waals surface area contributed by atoms with Crippen LogP contribution in [-0.2, 0) is 4.79 Å². The summed E-state index contributed by atoms with van der Waals surface area (Å²) < 4.78 is 7.93. The molecule has 2 N–H and O–H groups in total. The monoisotopic (exact) mass is 475 g/mol. The third-order valence-electron chi connectivity index (χ3n) is 6.62. The second kappa shape index (κ2) is 8.76. The van der Waals surface area contributed by atoms with E-state index in [4.69, 9.17) is 17.0 Å². The minimum Gasteiger partial charge on any atom is -0.495 e. The number of aromatic nitrogens is 2. The van der Waals surface area contributed by atoms with Gasteiger partial charge in [0.25, 0.3) is 0 Å². The van der Waals surface area contributed by atoms with Crippen LogP contribution in [0.3, 0.4) is 0 Å². The van der Waals surface area contributed by atoms with Crippen molar-refractivity contribution in [2.45, 2.75) is 51.7 Å². The SMILES string of the molecule is COc1ccc(N2C(=S)N[C@H](c3ccccn3)[C@@H]2c2cc(C)n(C3CC3)c2C)cc1NC(C)=O. The Morgan fingerprint density at radius 3 is 2.65 bits per heavy atom. The lowest BCUT2D eigenvalue weighted by atomic mass is 9.96. The average molecular weight is 476 g/mol. The van der Waals surface area contributed by atoms with Gasteiger partial charge in [0.2, 0.25) is 5.91 Å². The molecule has 2 fully saturated rings. The van der Waals surface area contributed by atoms with E-state index in [0.29, 0.717) is 22.6 Å². The molecule has 0 spiro atoms. The Hall–Kier alpha value is -3.39. The van der Waals surface area contributed by atoms with Gasteiger partial charge in [-0.3, -0.25) is 9.78 Å². The fraction of sp³-hybridized carbons (Fsp3) is 0.346. The molecule has 1 aromatic carbocycles. The van der Waals surface area contributed by atoms with Crippen molar-refractivity contribution in [2.24, 2.45) is 0 Å². The number of anilines is 2. The highest BCUT2D eigenvalue weighted by molar-refractivity contribution is 7.80. The van der Waals surface area contributed by atoms with Crippen molar-refractivity contribution in [1.82, 2.24) is 14.9 Å². The highest BCUT2D eigenvalue weighted by atomic mass is 32.1. The fourth-order valence-electron chi connectivity index (χ4n) is 5.08. The van der Waals surface area contributed by atoms with Crippen LogP contribution in [-0.4, -0.2) is 27.7 Å². The average Bonchev–Trinajstić information content (AvgIpc) is 3.52. The van der Waals surface area contributed by atoms with Crippen LogP contribution in [0, 0.1) is 13.8 Å². The van der Waals surface area contributed by atoms with Crippen LogP contribution in [0.25, 0.3) is 0 Å². The van der Waals surface area contributed by atoms with E-state index >= 15 is 0 Å². The summed E-state index contributed by atoms with van der Waals surface area (Å²) in [7, 11) is 1.59. The molecule has 7 nitrogen and oxygen atoms in total. The molecule has 1 amide bonds. The van der Waals surface area contributed by atoms with Crippen LogP contribution in [0.2, 0.25) is 0 Å². The standard InChI is InChI=1S/C26H29N5O2S/c1-15-13-20(16(2)30(15)18-8-9-18)25-24(21-7-5-6-12-27-21)29-26(34)31(25)19-10-11-23(33-4)22(14-19)28-17(3)32/h5-7,10-14,18,24-25H,8-9H2,1-4H3,(H,28,32)(H,29,34)/t24-,25+/m1/s1. The molecule has 1 saturated heterocycles. The zero-order valence-corrected chi connectivity index (χ0v) is 20.6. The van der Waals surface area contributed by atoms with E-state index in [1.54, 1.807) is 7.11 Å². The van der Waals surface area contributed by atoms with Gasteiger partial charge in [0.05, 0.1) is 30.6 Å². The normalized spacial score (nSPS) is 19.8. The van der Waals surface area contributed by atoms with E-state index in [2.05, 4.69) is 45.0 Å². The van der Waals surface area contributed by atoms with Crippen LogP contribution in [0.15, 0.2) is 48.7 Å². The number of hydrogen-bond donors (Lipinski definition) is 2. The number of rotatable bonds is 6. The van der Waals surface area contributed by atoms with Crippen molar-refractivity contribution >= 4 is 34.6 Å². The first kappa shape index (κ1) is 22.4. The molecule has 0 unspecified atom stereocenters. The van der Waals surface area contributed by atoms with Gasteiger partial charge in [-0.2, -0.15) is 0 Å². The molecule has 0 bridgehead atoms. The number of carbonyl (C=O) groups is 1. The third kappa shape index (κ3) is 3.92. The summed E-state index contributed by atoms with van der Waals surface area (Å²) in [6.07, 6.45) is 4.27. The van der Waals surface area contributed by atoms with Gasteiger partial charge >= 0.3 is 0 Å². The lowest BCUT2D eigenvalue weighted by Crippen LogP contribution is -2.29. The highest BCUT2D eigenvalue weighted by Crippen LogP contribution is 2.46. The number of hydrogen-bond acceptors (Lipinski definition) is 4. The number of benzene rings is 1. The summed E-state index contributed by atoms with van der Waals surface area (Å²) in [6, 6.07) is 14.4. The Bertz CT molecular complexity index is 1250. The van der Waals surface area contributed by atoms with E-state index in [1.807, 2.05) is 42.6 Å². The summed E-state index contributed by atoms with van der Waals surface area (Å²) in [5.74, 6) is 0.440. The van der Waals surface area contributed by atoms with Gasteiger partial charge in [-0.15, -0.1) is 0 Å². The number of aryl methyl sites for hydroxylation is 1. The Balaban J connectivity index is 1.65. The second-order valence-corrected chi connectivity index (χ2v) is 9.38. The molecule has 0 radical (unpaired) electrons. The third-order valence-corrected chi connectivity index (χ3v) is 6.94.